The number of hydrogen-bond donors (Lipinski definition) is 4. The van der Waals surface area contributed by atoms with Gasteiger partial charge in [-0.25, -0.2) is 0 Å². The van der Waals surface area contributed by atoms with Gasteiger partial charge in [0.15, 0.2) is 5.17 Å². The summed E-state index contributed by atoms with van der Waals surface area (Å²) < 4.78 is 31.5. The number of thiol groups is 1. The number of non-ortho nitro benzene ring substituents is 1. The highest BCUT2D eigenvalue weighted by Gasteiger charge is 2.04. The molecule has 0 fully saturated rings. The fraction of sp³-hybridized carbons (Fsp3) is 0.235. The molecule has 0 aromatic heterocycles. The second-order valence-corrected chi connectivity index (χ2v) is 7.53. The van der Waals surface area contributed by atoms with Crippen molar-refractivity contribution in [3.05, 3.63) is 69.8 Å². The zero-order valence-corrected chi connectivity index (χ0v) is 16.7. The Morgan fingerprint density at radius 3 is 2.14 bits per heavy atom. The summed E-state index contributed by atoms with van der Waals surface area (Å²) in [5.41, 5.74) is 2.08. The standard InChI is InChI=1S/C16H17N3O3S.CH4O3S/c17-16(23)18-10-9-12-3-7-15(8-4-12)22-11-13-1-5-14(6-2-13)19(20)21;1-5(2,3)4/h1-8H,9-11H2,(H3,17,18,23);1H3,(H,2,3,4). The molecular formula is C17H21N3O6S2. The van der Waals surface area contributed by atoms with Gasteiger partial charge in [0.25, 0.3) is 15.8 Å². The number of rotatable bonds is 7. The molecule has 2 aromatic rings. The SMILES string of the molecule is CS(=O)(=O)O.N=C(S)NCCc1ccc(OCc2ccc([N+](=O)[O-])cc2)cc1. The molecule has 0 aliphatic carbocycles. The van der Waals surface area contributed by atoms with E-state index >= 15 is 0 Å². The fourth-order valence-corrected chi connectivity index (χ4v) is 2.07. The summed E-state index contributed by atoms with van der Waals surface area (Å²) in [6, 6.07) is 14.0. The number of nitro groups is 1. The molecule has 9 nitrogen and oxygen atoms in total. The third kappa shape index (κ3) is 11.2. The normalized spacial score (nSPS) is 10.4. The predicted octanol–water partition coefficient (Wildman–Crippen LogP) is 2.67. The number of hydrogen-bond acceptors (Lipinski definition) is 6. The van der Waals surface area contributed by atoms with Crippen molar-refractivity contribution in [3.63, 3.8) is 0 Å². The molecule has 11 heteroatoms. The largest absolute Gasteiger partial charge is 0.489 e. The molecule has 28 heavy (non-hydrogen) atoms. The van der Waals surface area contributed by atoms with Crippen molar-refractivity contribution in [1.29, 1.82) is 5.41 Å². The first-order valence-electron chi connectivity index (χ1n) is 7.93. The summed E-state index contributed by atoms with van der Waals surface area (Å²) >= 11 is 3.86. The van der Waals surface area contributed by atoms with Gasteiger partial charge in [0, 0.05) is 18.7 Å². The third-order valence-electron chi connectivity index (χ3n) is 3.18. The van der Waals surface area contributed by atoms with E-state index in [9.17, 15) is 18.5 Å². The lowest BCUT2D eigenvalue weighted by Gasteiger charge is -2.08. The maximum absolute atomic E-state index is 10.6. The van der Waals surface area contributed by atoms with Gasteiger partial charge in [-0.05, 0) is 41.8 Å². The van der Waals surface area contributed by atoms with Gasteiger partial charge in [-0.2, -0.15) is 8.42 Å². The molecule has 3 N–H and O–H groups in total. The molecule has 0 saturated heterocycles. The summed E-state index contributed by atoms with van der Waals surface area (Å²) in [6.07, 6.45) is 1.51. The lowest BCUT2D eigenvalue weighted by atomic mass is 10.1. The zero-order chi connectivity index (χ0) is 21.2. The minimum atomic E-state index is -3.67. The topological polar surface area (TPSA) is 143 Å². The Labute approximate surface area is 168 Å². The molecule has 152 valence electrons. The summed E-state index contributed by atoms with van der Waals surface area (Å²) in [6.45, 7) is 1.01. The van der Waals surface area contributed by atoms with E-state index in [0.717, 1.165) is 23.3 Å². The van der Waals surface area contributed by atoms with Crippen molar-refractivity contribution < 1.29 is 22.6 Å². The summed E-state index contributed by atoms with van der Waals surface area (Å²) in [7, 11) is -3.67. The average Bonchev–Trinajstić information content (AvgIpc) is 2.59. The summed E-state index contributed by atoms with van der Waals surface area (Å²) in [4.78, 5) is 10.2. The van der Waals surface area contributed by atoms with Crippen LogP contribution in [0, 0.1) is 15.5 Å². The molecule has 0 bridgehead atoms. The van der Waals surface area contributed by atoms with Gasteiger partial charge in [-0.15, -0.1) is 12.6 Å². The average molecular weight is 428 g/mol. The molecule has 0 heterocycles. The van der Waals surface area contributed by atoms with Crippen LogP contribution in [-0.2, 0) is 23.1 Å². The molecule has 0 aliphatic heterocycles. The van der Waals surface area contributed by atoms with Gasteiger partial charge >= 0.3 is 0 Å². The zero-order valence-electron chi connectivity index (χ0n) is 15.0. The van der Waals surface area contributed by atoms with Gasteiger partial charge in [-0.1, -0.05) is 12.1 Å². The maximum atomic E-state index is 10.6. The lowest BCUT2D eigenvalue weighted by Crippen LogP contribution is -2.20. The van der Waals surface area contributed by atoms with Crippen molar-refractivity contribution >= 4 is 33.6 Å². The van der Waals surface area contributed by atoms with Gasteiger partial charge in [0.05, 0.1) is 11.2 Å². The van der Waals surface area contributed by atoms with Crippen LogP contribution in [0.2, 0.25) is 0 Å². The minimum Gasteiger partial charge on any atom is -0.489 e. The Balaban J connectivity index is 0.000000696. The second-order valence-electron chi connectivity index (χ2n) is 5.61. The van der Waals surface area contributed by atoms with Crippen LogP contribution in [0.4, 0.5) is 5.69 Å². The first-order chi connectivity index (χ1) is 13.0. The van der Waals surface area contributed by atoms with E-state index in [4.69, 9.17) is 14.7 Å². The fourth-order valence-electron chi connectivity index (χ4n) is 1.96. The van der Waals surface area contributed by atoms with E-state index in [1.807, 2.05) is 24.3 Å². The molecule has 0 atom stereocenters. The number of nitrogens with one attached hydrogen (secondary N) is 2. The van der Waals surface area contributed by atoms with Gasteiger partial charge in [-0.3, -0.25) is 20.1 Å². The lowest BCUT2D eigenvalue weighted by molar-refractivity contribution is -0.384. The molecule has 0 aliphatic rings. The second kappa shape index (κ2) is 11.3. The summed E-state index contributed by atoms with van der Waals surface area (Å²) in [5, 5.41) is 20.7. The first-order valence-corrected chi connectivity index (χ1v) is 10.2. The quantitative estimate of drug-likeness (QED) is 0.133. The van der Waals surface area contributed by atoms with E-state index < -0.39 is 15.0 Å². The highest BCUT2D eigenvalue weighted by molar-refractivity contribution is 7.96. The van der Waals surface area contributed by atoms with E-state index in [1.165, 1.54) is 12.1 Å². The van der Waals surface area contributed by atoms with E-state index in [0.29, 0.717) is 19.4 Å². The van der Waals surface area contributed by atoms with Crippen LogP contribution in [0.3, 0.4) is 0 Å². The van der Waals surface area contributed by atoms with E-state index in [1.54, 1.807) is 12.1 Å². The highest BCUT2D eigenvalue weighted by Crippen LogP contribution is 2.16. The first kappa shape index (κ1) is 23.4. The highest BCUT2D eigenvalue weighted by atomic mass is 32.2. The predicted molar refractivity (Wildman–Crippen MR) is 110 cm³/mol. The monoisotopic (exact) mass is 427 g/mol. The summed E-state index contributed by atoms with van der Waals surface area (Å²) in [5.74, 6) is 0.738. The number of amidine groups is 1. The van der Waals surface area contributed by atoms with Crippen LogP contribution in [0.15, 0.2) is 48.5 Å². The van der Waals surface area contributed by atoms with Crippen LogP contribution >= 0.6 is 12.6 Å². The molecule has 0 spiro atoms. The Bertz CT molecular complexity index is 876. The van der Waals surface area contributed by atoms with Crippen molar-refractivity contribution in [1.82, 2.24) is 5.32 Å². The molecule has 2 rings (SSSR count). The van der Waals surface area contributed by atoms with Crippen LogP contribution in [-0.4, -0.2) is 35.9 Å². The number of nitrogens with zero attached hydrogens (tertiary/aromatic N) is 1. The maximum Gasteiger partial charge on any atom is 0.269 e. The molecular weight excluding hydrogens is 406 g/mol. The number of ether oxygens (including phenoxy) is 1. The molecule has 2 aromatic carbocycles. The van der Waals surface area contributed by atoms with E-state index in [-0.39, 0.29) is 10.9 Å². The van der Waals surface area contributed by atoms with Gasteiger partial charge < -0.3 is 10.1 Å². The third-order valence-corrected chi connectivity index (χ3v) is 3.34. The van der Waals surface area contributed by atoms with Crippen LogP contribution in [0.25, 0.3) is 0 Å². The van der Waals surface area contributed by atoms with Gasteiger partial charge in [0.1, 0.15) is 12.4 Å². The Morgan fingerprint density at radius 1 is 1.18 bits per heavy atom. The Kier molecular flexibility index (Phi) is 9.42. The molecule has 0 unspecified atom stereocenters. The minimum absolute atomic E-state index is 0.0704. The number of benzene rings is 2. The number of nitro benzene ring substituents is 1. The van der Waals surface area contributed by atoms with Crippen LogP contribution in [0.1, 0.15) is 11.1 Å². The van der Waals surface area contributed by atoms with Crippen molar-refractivity contribution in [2.24, 2.45) is 0 Å². The smallest absolute Gasteiger partial charge is 0.269 e. The molecule has 0 amide bonds. The Hall–Kier alpha value is -2.63. The van der Waals surface area contributed by atoms with Crippen molar-refractivity contribution in [2.75, 3.05) is 12.8 Å². The van der Waals surface area contributed by atoms with Crippen LogP contribution < -0.4 is 10.1 Å². The Morgan fingerprint density at radius 2 is 1.68 bits per heavy atom. The molecule has 0 radical (unpaired) electrons. The van der Waals surface area contributed by atoms with Crippen molar-refractivity contribution in [2.45, 2.75) is 13.0 Å². The van der Waals surface area contributed by atoms with Crippen molar-refractivity contribution in [3.8, 4) is 5.75 Å². The molecule has 0 saturated carbocycles. The van der Waals surface area contributed by atoms with E-state index in [2.05, 4.69) is 17.9 Å². The van der Waals surface area contributed by atoms with Gasteiger partial charge in [0.2, 0.25) is 0 Å². The van der Waals surface area contributed by atoms with Crippen LogP contribution in [0.5, 0.6) is 5.75 Å².